The molecule has 0 heterocycles. The Morgan fingerprint density at radius 2 is 2.26 bits per heavy atom. The minimum atomic E-state index is -0.722. The molecule has 0 aromatic heterocycles. The highest BCUT2D eigenvalue weighted by atomic mass is 19.1. The van der Waals surface area contributed by atoms with Gasteiger partial charge < -0.3 is 5.73 Å². The van der Waals surface area contributed by atoms with Crippen molar-refractivity contribution >= 4 is 5.69 Å². The molecule has 3 atom stereocenters. The zero-order valence-corrected chi connectivity index (χ0v) is 10.6. The molecule has 2 fully saturated rings. The summed E-state index contributed by atoms with van der Waals surface area (Å²) in [5, 5.41) is 10.8. The first-order valence-corrected chi connectivity index (χ1v) is 6.70. The van der Waals surface area contributed by atoms with Gasteiger partial charge in [0.25, 0.3) is 0 Å². The van der Waals surface area contributed by atoms with Crippen LogP contribution in [0.15, 0.2) is 18.2 Å². The number of nitrogens with two attached hydrogens (primary N) is 1. The van der Waals surface area contributed by atoms with E-state index in [0.29, 0.717) is 23.8 Å². The maximum Gasteiger partial charge on any atom is 0.305 e. The standard InChI is InChI=1S/C14H17FN2O2/c15-13-10(2-1-3-12(13)17(18)19)8-14(16)7-9-4-5-11(14)6-9/h1-3,9,11H,4-8,16H2. The van der Waals surface area contributed by atoms with Gasteiger partial charge in [-0.15, -0.1) is 0 Å². The highest BCUT2D eigenvalue weighted by molar-refractivity contribution is 5.38. The smallest absolute Gasteiger partial charge is 0.305 e. The van der Waals surface area contributed by atoms with Gasteiger partial charge in [-0.3, -0.25) is 10.1 Å². The van der Waals surface area contributed by atoms with Gasteiger partial charge in [0, 0.05) is 11.6 Å². The number of fused-ring (bicyclic) bond motifs is 2. The first-order chi connectivity index (χ1) is 8.99. The number of hydrogen-bond donors (Lipinski definition) is 1. The molecule has 3 rings (SSSR count). The Hall–Kier alpha value is -1.49. The monoisotopic (exact) mass is 264 g/mol. The molecule has 2 N–H and O–H groups in total. The molecule has 19 heavy (non-hydrogen) atoms. The average Bonchev–Trinajstić information content (AvgIpc) is 2.91. The lowest BCUT2D eigenvalue weighted by Gasteiger charge is -2.34. The Kier molecular flexibility index (Phi) is 2.82. The fourth-order valence-electron chi connectivity index (χ4n) is 3.90. The van der Waals surface area contributed by atoms with Crippen molar-refractivity contribution in [2.75, 3.05) is 0 Å². The van der Waals surface area contributed by atoms with E-state index in [-0.39, 0.29) is 5.54 Å². The van der Waals surface area contributed by atoms with Crippen molar-refractivity contribution in [3.63, 3.8) is 0 Å². The Labute approximate surface area is 110 Å². The van der Waals surface area contributed by atoms with Crippen molar-refractivity contribution < 1.29 is 9.31 Å². The van der Waals surface area contributed by atoms with E-state index in [1.54, 1.807) is 6.07 Å². The lowest BCUT2D eigenvalue weighted by atomic mass is 9.77. The number of hydrogen-bond acceptors (Lipinski definition) is 3. The van der Waals surface area contributed by atoms with Crippen LogP contribution in [0, 0.1) is 27.8 Å². The maximum absolute atomic E-state index is 14.1. The quantitative estimate of drug-likeness (QED) is 0.674. The van der Waals surface area contributed by atoms with E-state index in [9.17, 15) is 14.5 Å². The van der Waals surface area contributed by atoms with Crippen molar-refractivity contribution in [1.29, 1.82) is 0 Å². The van der Waals surface area contributed by atoms with Crippen LogP contribution in [0.3, 0.4) is 0 Å². The van der Waals surface area contributed by atoms with Gasteiger partial charge in [0.15, 0.2) is 0 Å². The number of halogens is 1. The number of nitrogens with zero attached hydrogens (tertiary/aromatic N) is 1. The molecule has 102 valence electrons. The summed E-state index contributed by atoms with van der Waals surface area (Å²) in [7, 11) is 0. The predicted molar refractivity (Wildman–Crippen MR) is 69.1 cm³/mol. The first kappa shape index (κ1) is 12.5. The second-order valence-electron chi connectivity index (χ2n) is 6.00. The fraction of sp³-hybridized carbons (Fsp3) is 0.571. The topological polar surface area (TPSA) is 69.2 Å². The minimum absolute atomic E-state index is 0.376. The molecule has 2 aliphatic carbocycles. The van der Waals surface area contributed by atoms with Crippen LogP contribution in [-0.4, -0.2) is 10.5 Å². The van der Waals surface area contributed by atoms with Crippen LogP contribution in [-0.2, 0) is 6.42 Å². The molecule has 0 aliphatic heterocycles. The van der Waals surface area contributed by atoms with Crippen LogP contribution in [0.4, 0.5) is 10.1 Å². The molecular formula is C14H17FN2O2. The van der Waals surface area contributed by atoms with Crippen LogP contribution in [0.1, 0.15) is 31.2 Å². The van der Waals surface area contributed by atoms with Gasteiger partial charge in [0.1, 0.15) is 0 Å². The summed E-state index contributed by atoms with van der Waals surface area (Å²) in [6, 6.07) is 4.35. The van der Waals surface area contributed by atoms with Crippen LogP contribution in [0.25, 0.3) is 0 Å². The van der Waals surface area contributed by atoms with Crippen LogP contribution in [0.2, 0.25) is 0 Å². The third-order valence-electron chi connectivity index (χ3n) is 4.80. The zero-order chi connectivity index (χ0) is 13.6. The summed E-state index contributed by atoms with van der Waals surface area (Å²) >= 11 is 0. The highest BCUT2D eigenvalue weighted by Crippen LogP contribution is 2.50. The Morgan fingerprint density at radius 3 is 2.84 bits per heavy atom. The third kappa shape index (κ3) is 2.02. The van der Waals surface area contributed by atoms with Gasteiger partial charge in [-0.05, 0) is 43.1 Å². The van der Waals surface area contributed by atoms with Crippen LogP contribution in [0.5, 0.6) is 0 Å². The Morgan fingerprint density at radius 1 is 1.47 bits per heavy atom. The zero-order valence-electron chi connectivity index (χ0n) is 10.6. The number of nitro benzene ring substituents is 1. The Balaban J connectivity index is 1.88. The molecule has 2 saturated carbocycles. The van der Waals surface area contributed by atoms with E-state index < -0.39 is 16.4 Å². The largest absolute Gasteiger partial charge is 0.325 e. The first-order valence-electron chi connectivity index (χ1n) is 6.70. The summed E-state index contributed by atoms with van der Waals surface area (Å²) in [6.45, 7) is 0. The molecule has 5 heteroatoms. The van der Waals surface area contributed by atoms with Gasteiger partial charge in [0.05, 0.1) is 4.92 Å². The lowest BCUT2D eigenvalue weighted by molar-refractivity contribution is -0.387. The van der Waals surface area contributed by atoms with Crippen molar-refractivity contribution in [3.8, 4) is 0 Å². The van der Waals surface area contributed by atoms with E-state index in [1.165, 1.54) is 18.6 Å². The van der Waals surface area contributed by atoms with E-state index in [4.69, 9.17) is 5.73 Å². The van der Waals surface area contributed by atoms with E-state index in [2.05, 4.69) is 0 Å². The van der Waals surface area contributed by atoms with E-state index >= 15 is 0 Å². The van der Waals surface area contributed by atoms with Crippen molar-refractivity contribution in [1.82, 2.24) is 0 Å². The predicted octanol–water partition coefficient (Wildman–Crippen LogP) is 2.79. The van der Waals surface area contributed by atoms with Crippen molar-refractivity contribution in [2.24, 2.45) is 17.6 Å². The second-order valence-corrected chi connectivity index (χ2v) is 6.00. The van der Waals surface area contributed by atoms with Crippen molar-refractivity contribution in [2.45, 2.75) is 37.6 Å². The fourth-order valence-corrected chi connectivity index (χ4v) is 3.90. The Bertz CT molecular complexity index is 534. The molecule has 0 amide bonds. The minimum Gasteiger partial charge on any atom is -0.325 e. The molecule has 4 nitrogen and oxygen atoms in total. The summed E-state index contributed by atoms with van der Waals surface area (Å²) in [5.41, 5.74) is 5.98. The molecular weight excluding hydrogens is 247 g/mol. The summed E-state index contributed by atoms with van der Waals surface area (Å²) in [6.07, 6.45) is 4.78. The maximum atomic E-state index is 14.1. The summed E-state index contributed by atoms with van der Waals surface area (Å²) < 4.78 is 14.1. The van der Waals surface area contributed by atoms with Gasteiger partial charge in [-0.2, -0.15) is 4.39 Å². The molecule has 0 radical (unpaired) electrons. The van der Waals surface area contributed by atoms with E-state index in [1.807, 2.05) is 0 Å². The van der Waals surface area contributed by atoms with Crippen molar-refractivity contribution in [3.05, 3.63) is 39.7 Å². The SMILES string of the molecule is NC1(Cc2cccc([N+](=O)[O-])c2F)CC2CCC1C2. The number of rotatable bonds is 3. The normalized spacial score (nSPS) is 32.7. The molecule has 1 aromatic rings. The highest BCUT2D eigenvalue weighted by Gasteiger charge is 2.48. The van der Waals surface area contributed by atoms with Crippen LogP contribution < -0.4 is 5.73 Å². The molecule has 0 spiro atoms. The van der Waals surface area contributed by atoms with Gasteiger partial charge in [-0.25, -0.2) is 0 Å². The molecule has 2 aliphatic rings. The average molecular weight is 264 g/mol. The van der Waals surface area contributed by atoms with Gasteiger partial charge in [0.2, 0.25) is 5.82 Å². The number of benzene rings is 1. The lowest BCUT2D eigenvalue weighted by Crippen LogP contribution is -2.47. The molecule has 1 aromatic carbocycles. The summed E-state index contributed by atoms with van der Waals surface area (Å²) in [4.78, 5) is 10.1. The molecule has 2 bridgehead atoms. The van der Waals surface area contributed by atoms with E-state index in [0.717, 1.165) is 19.3 Å². The number of nitro groups is 1. The van der Waals surface area contributed by atoms with Gasteiger partial charge >= 0.3 is 5.69 Å². The second kappa shape index (κ2) is 4.27. The van der Waals surface area contributed by atoms with Crippen LogP contribution >= 0.6 is 0 Å². The molecule has 3 unspecified atom stereocenters. The molecule has 0 saturated heterocycles. The third-order valence-corrected chi connectivity index (χ3v) is 4.80. The summed E-state index contributed by atoms with van der Waals surface area (Å²) in [5.74, 6) is 0.382. The van der Waals surface area contributed by atoms with Gasteiger partial charge in [-0.1, -0.05) is 18.6 Å².